The Balaban J connectivity index is 1.96. The quantitative estimate of drug-likeness (QED) is 0.478. The number of nitrogens with one attached hydrogen (secondary N) is 1. The van der Waals surface area contributed by atoms with Crippen LogP contribution in [0.4, 0.5) is 5.13 Å². The second kappa shape index (κ2) is 7.68. The molecule has 0 bridgehead atoms. The number of amides is 1. The van der Waals surface area contributed by atoms with Gasteiger partial charge in [0.05, 0.1) is 0 Å². The second-order valence-corrected chi connectivity index (χ2v) is 7.41. The fraction of sp³-hybridized carbons (Fsp3) is 0.105. The van der Waals surface area contributed by atoms with E-state index in [1.165, 1.54) is 11.3 Å². The normalized spacial score (nSPS) is 11.2. The number of carbonyl (C=O) groups is 1. The van der Waals surface area contributed by atoms with Gasteiger partial charge in [0.15, 0.2) is 5.13 Å². The zero-order valence-electron chi connectivity index (χ0n) is 14.2. The van der Waals surface area contributed by atoms with Gasteiger partial charge in [-0.1, -0.05) is 22.0 Å². The van der Waals surface area contributed by atoms with Gasteiger partial charge >= 0.3 is 0 Å². The van der Waals surface area contributed by atoms with Crippen LogP contribution in [-0.2, 0) is 4.79 Å². The van der Waals surface area contributed by atoms with Gasteiger partial charge in [-0.05, 0) is 49.8 Å². The van der Waals surface area contributed by atoms with Crippen molar-refractivity contribution in [2.75, 3.05) is 5.32 Å². The highest BCUT2D eigenvalue weighted by molar-refractivity contribution is 9.10. The Labute approximate surface area is 163 Å². The molecule has 0 aliphatic carbocycles. The summed E-state index contributed by atoms with van der Waals surface area (Å²) >= 11 is 4.79. The number of hydrogen-bond acceptors (Lipinski definition) is 4. The maximum absolute atomic E-state index is 12.3. The van der Waals surface area contributed by atoms with Gasteiger partial charge in [-0.2, -0.15) is 5.26 Å². The molecule has 130 valence electrons. The highest BCUT2D eigenvalue weighted by atomic mass is 79.9. The zero-order chi connectivity index (χ0) is 18.7. The highest BCUT2D eigenvalue weighted by Crippen LogP contribution is 2.25. The molecule has 7 heteroatoms. The SMILES string of the molecule is Cc1cc(/C=C(/C#N)C(=O)Nc2nccs2)c(C)n1-c1cccc(Br)c1. The molecule has 0 aliphatic heterocycles. The molecular formula is C19H15BrN4OS. The monoisotopic (exact) mass is 426 g/mol. The fourth-order valence-corrected chi connectivity index (χ4v) is 3.61. The maximum atomic E-state index is 12.3. The van der Waals surface area contributed by atoms with Crippen LogP contribution >= 0.6 is 27.3 Å². The molecule has 2 heterocycles. The predicted molar refractivity (Wildman–Crippen MR) is 107 cm³/mol. The number of thiazole rings is 1. The number of hydrogen-bond donors (Lipinski definition) is 1. The molecule has 3 rings (SSSR count). The Kier molecular flexibility index (Phi) is 5.35. The van der Waals surface area contributed by atoms with Gasteiger partial charge in [-0.15, -0.1) is 11.3 Å². The lowest BCUT2D eigenvalue weighted by Gasteiger charge is -2.10. The number of rotatable bonds is 4. The minimum absolute atomic E-state index is 0.0368. The minimum atomic E-state index is -0.463. The van der Waals surface area contributed by atoms with Crippen molar-refractivity contribution in [1.29, 1.82) is 5.26 Å². The van der Waals surface area contributed by atoms with Crippen LogP contribution in [0.3, 0.4) is 0 Å². The summed E-state index contributed by atoms with van der Waals surface area (Å²) in [6.45, 7) is 3.96. The zero-order valence-corrected chi connectivity index (χ0v) is 16.6. The van der Waals surface area contributed by atoms with Crippen molar-refractivity contribution in [3.63, 3.8) is 0 Å². The van der Waals surface area contributed by atoms with E-state index in [0.29, 0.717) is 5.13 Å². The molecule has 2 aromatic heterocycles. The first-order chi connectivity index (χ1) is 12.5. The van der Waals surface area contributed by atoms with Crippen molar-refractivity contribution in [3.05, 3.63) is 68.9 Å². The number of nitriles is 1. The van der Waals surface area contributed by atoms with Crippen LogP contribution in [0.1, 0.15) is 17.0 Å². The van der Waals surface area contributed by atoms with E-state index in [-0.39, 0.29) is 5.57 Å². The summed E-state index contributed by atoms with van der Waals surface area (Å²) in [4.78, 5) is 16.3. The molecule has 0 atom stereocenters. The third-order valence-electron chi connectivity index (χ3n) is 3.85. The van der Waals surface area contributed by atoms with Crippen LogP contribution < -0.4 is 5.32 Å². The third kappa shape index (κ3) is 3.77. The molecule has 26 heavy (non-hydrogen) atoms. The summed E-state index contributed by atoms with van der Waals surface area (Å²) in [5.41, 5.74) is 3.85. The average molecular weight is 427 g/mol. The van der Waals surface area contributed by atoms with Crippen LogP contribution in [-0.4, -0.2) is 15.5 Å². The van der Waals surface area contributed by atoms with Crippen LogP contribution in [0.2, 0.25) is 0 Å². The largest absolute Gasteiger partial charge is 0.318 e. The van der Waals surface area contributed by atoms with E-state index >= 15 is 0 Å². The van der Waals surface area contributed by atoms with E-state index in [1.54, 1.807) is 17.7 Å². The summed E-state index contributed by atoms with van der Waals surface area (Å²) in [6, 6.07) is 11.9. The lowest BCUT2D eigenvalue weighted by molar-refractivity contribution is -0.112. The molecule has 3 aromatic rings. The Morgan fingerprint density at radius 1 is 1.38 bits per heavy atom. The minimum Gasteiger partial charge on any atom is -0.318 e. The van der Waals surface area contributed by atoms with Gasteiger partial charge in [0.1, 0.15) is 11.6 Å². The van der Waals surface area contributed by atoms with E-state index < -0.39 is 5.91 Å². The molecule has 1 aromatic carbocycles. The number of aryl methyl sites for hydroxylation is 1. The Bertz CT molecular complexity index is 1030. The number of nitrogens with zero attached hydrogens (tertiary/aromatic N) is 3. The van der Waals surface area contributed by atoms with Crippen LogP contribution in [0.25, 0.3) is 11.8 Å². The predicted octanol–water partition coefficient (Wildman–Crippen LogP) is 4.86. The molecule has 1 N–H and O–H groups in total. The molecule has 0 unspecified atom stereocenters. The maximum Gasteiger partial charge on any atom is 0.268 e. The van der Waals surface area contributed by atoms with Crippen molar-refractivity contribution in [2.24, 2.45) is 0 Å². The van der Waals surface area contributed by atoms with Crippen molar-refractivity contribution >= 4 is 44.4 Å². The summed E-state index contributed by atoms with van der Waals surface area (Å²) < 4.78 is 3.07. The van der Waals surface area contributed by atoms with Gasteiger partial charge in [-0.3, -0.25) is 10.1 Å². The number of anilines is 1. The number of aromatic nitrogens is 2. The first-order valence-electron chi connectivity index (χ1n) is 7.77. The molecule has 0 spiro atoms. The van der Waals surface area contributed by atoms with Crippen molar-refractivity contribution in [3.8, 4) is 11.8 Å². The molecular weight excluding hydrogens is 412 g/mol. The van der Waals surface area contributed by atoms with Gasteiger partial charge in [0, 0.05) is 33.1 Å². The smallest absolute Gasteiger partial charge is 0.268 e. The fourth-order valence-electron chi connectivity index (χ4n) is 2.70. The standard InChI is InChI=1S/C19H15BrN4OS/c1-12-8-14(13(2)24(12)17-5-3-4-16(20)10-17)9-15(11-21)18(25)23-19-22-6-7-26-19/h3-10H,1-2H3,(H,22,23,25)/b15-9-. The molecule has 1 amide bonds. The Morgan fingerprint density at radius 3 is 2.85 bits per heavy atom. The van der Waals surface area contributed by atoms with E-state index in [0.717, 1.165) is 27.1 Å². The lowest BCUT2D eigenvalue weighted by atomic mass is 10.1. The summed E-state index contributed by atoms with van der Waals surface area (Å²) in [5.74, 6) is -0.463. The Hall–Kier alpha value is -2.69. The first kappa shape index (κ1) is 18.1. The van der Waals surface area contributed by atoms with Gasteiger partial charge in [0.2, 0.25) is 0 Å². The lowest BCUT2D eigenvalue weighted by Crippen LogP contribution is -2.13. The van der Waals surface area contributed by atoms with Crippen molar-refractivity contribution in [1.82, 2.24) is 9.55 Å². The molecule has 5 nitrogen and oxygen atoms in total. The average Bonchev–Trinajstić information content (AvgIpc) is 3.20. The van der Waals surface area contributed by atoms with Gasteiger partial charge < -0.3 is 4.57 Å². The van der Waals surface area contributed by atoms with E-state index in [1.807, 2.05) is 50.2 Å². The molecule has 0 saturated carbocycles. The molecule has 0 saturated heterocycles. The van der Waals surface area contributed by atoms with Crippen LogP contribution in [0, 0.1) is 25.2 Å². The topological polar surface area (TPSA) is 70.7 Å². The third-order valence-corrected chi connectivity index (χ3v) is 5.04. The van der Waals surface area contributed by atoms with E-state index in [4.69, 9.17) is 0 Å². The van der Waals surface area contributed by atoms with E-state index in [2.05, 4.69) is 30.8 Å². The first-order valence-corrected chi connectivity index (χ1v) is 9.44. The molecule has 0 radical (unpaired) electrons. The number of benzene rings is 1. The summed E-state index contributed by atoms with van der Waals surface area (Å²) in [7, 11) is 0. The second-order valence-electron chi connectivity index (χ2n) is 5.60. The van der Waals surface area contributed by atoms with Gasteiger partial charge in [0.25, 0.3) is 5.91 Å². The van der Waals surface area contributed by atoms with Crippen LogP contribution in [0.5, 0.6) is 0 Å². The summed E-state index contributed by atoms with van der Waals surface area (Å²) in [6.07, 6.45) is 3.21. The van der Waals surface area contributed by atoms with Crippen molar-refractivity contribution in [2.45, 2.75) is 13.8 Å². The Morgan fingerprint density at radius 2 is 2.19 bits per heavy atom. The summed E-state index contributed by atoms with van der Waals surface area (Å²) in [5, 5.41) is 14.3. The highest BCUT2D eigenvalue weighted by Gasteiger charge is 2.14. The molecule has 0 aliphatic rings. The van der Waals surface area contributed by atoms with Crippen LogP contribution in [0.15, 0.2) is 52.0 Å². The number of carbonyl (C=O) groups excluding carboxylic acids is 1. The van der Waals surface area contributed by atoms with E-state index in [9.17, 15) is 10.1 Å². The number of halogens is 1. The van der Waals surface area contributed by atoms with Crippen molar-refractivity contribution < 1.29 is 4.79 Å². The molecule has 0 fully saturated rings. The van der Waals surface area contributed by atoms with Gasteiger partial charge in [-0.25, -0.2) is 4.98 Å².